The third kappa shape index (κ3) is 2.12. The van der Waals surface area contributed by atoms with Gasteiger partial charge < -0.3 is 4.52 Å². The van der Waals surface area contributed by atoms with Gasteiger partial charge in [-0.25, -0.2) is 5.16 Å². The van der Waals surface area contributed by atoms with Crippen LogP contribution in [0.3, 0.4) is 0 Å². The van der Waals surface area contributed by atoms with Gasteiger partial charge in [-0.1, -0.05) is 6.07 Å². The van der Waals surface area contributed by atoms with Gasteiger partial charge in [0, 0.05) is 11.8 Å². The second-order valence-electron chi connectivity index (χ2n) is 3.82. The molecule has 0 saturated heterocycles. The normalized spacial score (nSPS) is 11.1. The molecule has 0 atom stereocenters. The second kappa shape index (κ2) is 4.14. The molecule has 0 saturated carbocycles. The number of nitrogens with zero attached hydrogens (tertiary/aromatic N) is 2. The highest BCUT2D eigenvalue weighted by Crippen LogP contribution is 2.14. The number of rotatable bonds is 3. The molecule has 0 aliphatic heterocycles. The molecule has 5 nitrogen and oxygen atoms in total. The summed E-state index contributed by atoms with van der Waals surface area (Å²) in [6, 6.07) is 6.23. The Morgan fingerprint density at radius 3 is 3.06 bits per heavy atom. The molecule has 17 heavy (non-hydrogen) atoms. The van der Waals surface area contributed by atoms with Crippen molar-refractivity contribution in [3.8, 4) is 0 Å². The largest absolute Gasteiger partial charge is 0.348 e. The maximum atomic E-state index is 4.87. The molecule has 0 bridgehead atoms. The summed E-state index contributed by atoms with van der Waals surface area (Å²) in [7, 11) is 0. The minimum Gasteiger partial charge on any atom is -0.348 e. The lowest BCUT2D eigenvalue weighted by atomic mass is 10.1. The monoisotopic (exact) mass is 246 g/mol. The average molecular weight is 246 g/mol. The topological polar surface area (TPSA) is 70.5 Å². The van der Waals surface area contributed by atoms with Crippen molar-refractivity contribution in [3.05, 3.63) is 40.6 Å². The second-order valence-corrected chi connectivity index (χ2v) is 4.17. The van der Waals surface area contributed by atoms with E-state index in [4.69, 9.17) is 16.7 Å². The number of aromatic amines is 2. The Bertz CT molecular complexity index is 696. The van der Waals surface area contributed by atoms with Gasteiger partial charge in [-0.2, -0.15) is 10.1 Å². The van der Waals surface area contributed by atoms with Crippen LogP contribution in [0.25, 0.3) is 10.9 Å². The maximum Gasteiger partial charge on any atom is 0.314 e. The SMILES string of the molecule is S=c1nc(CCc2ccc3[nH]ncc3c2)[nH]o1. The van der Waals surface area contributed by atoms with Crippen LogP contribution in [0.15, 0.2) is 28.9 Å². The average Bonchev–Trinajstić information content (AvgIpc) is 2.94. The lowest BCUT2D eigenvalue weighted by Crippen LogP contribution is -1.93. The van der Waals surface area contributed by atoms with Crippen molar-refractivity contribution in [2.75, 3.05) is 0 Å². The number of H-pyrrole nitrogens is 2. The van der Waals surface area contributed by atoms with Crippen LogP contribution in [-0.4, -0.2) is 20.3 Å². The van der Waals surface area contributed by atoms with Gasteiger partial charge in [-0.3, -0.25) is 5.10 Å². The zero-order valence-electron chi connectivity index (χ0n) is 8.93. The molecule has 86 valence electrons. The molecule has 0 fully saturated rings. The Kier molecular flexibility index (Phi) is 2.49. The number of aromatic nitrogens is 4. The summed E-state index contributed by atoms with van der Waals surface area (Å²) in [5.74, 6) is 0.780. The lowest BCUT2D eigenvalue weighted by molar-refractivity contribution is 0.398. The van der Waals surface area contributed by atoms with E-state index >= 15 is 0 Å². The van der Waals surface area contributed by atoms with Gasteiger partial charge in [0.2, 0.25) is 0 Å². The number of fused-ring (bicyclic) bond motifs is 1. The molecule has 0 spiro atoms. The maximum absolute atomic E-state index is 4.87. The summed E-state index contributed by atoms with van der Waals surface area (Å²) in [6.07, 6.45) is 3.49. The highest BCUT2D eigenvalue weighted by Gasteiger charge is 2.01. The van der Waals surface area contributed by atoms with Gasteiger partial charge >= 0.3 is 4.84 Å². The molecule has 3 aromatic rings. The van der Waals surface area contributed by atoms with Crippen molar-refractivity contribution < 1.29 is 4.52 Å². The Morgan fingerprint density at radius 2 is 2.24 bits per heavy atom. The third-order valence-corrected chi connectivity index (χ3v) is 2.81. The van der Waals surface area contributed by atoms with Crippen molar-refractivity contribution >= 4 is 23.1 Å². The van der Waals surface area contributed by atoms with Gasteiger partial charge in [0.25, 0.3) is 0 Å². The van der Waals surface area contributed by atoms with Crippen LogP contribution in [0.4, 0.5) is 0 Å². The first-order valence-electron chi connectivity index (χ1n) is 5.28. The van der Waals surface area contributed by atoms with Crippen molar-refractivity contribution in [2.45, 2.75) is 12.8 Å². The summed E-state index contributed by atoms with van der Waals surface area (Å²) in [5, 5.41) is 10.7. The van der Waals surface area contributed by atoms with Crippen molar-refractivity contribution in [1.82, 2.24) is 20.3 Å². The number of hydrogen-bond donors (Lipinski definition) is 2. The van der Waals surface area contributed by atoms with E-state index in [-0.39, 0.29) is 4.84 Å². The van der Waals surface area contributed by atoms with E-state index in [2.05, 4.69) is 32.5 Å². The minimum atomic E-state index is 0.255. The van der Waals surface area contributed by atoms with Crippen LogP contribution in [-0.2, 0) is 12.8 Å². The molecular weight excluding hydrogens is 236 g/mol. The molecule has 0 amide bonds. The van der Waals surface area contributed by atoms with Gasteiger partial charge in [0.15, 0.2) is 0 Å². The smallest absolute Gasteiger partial charge is 0.314 e. The molecule has 2 N–H and O–H groups in total. The first-order chi connectivity index (χ1) is 8.31. The Labute approximate surface area is 102 Å². The van der Waals surface area contributed by atoms with E-state index in [9.17, 15) is 0 Å². The van der Waals surface area contributed by atoms with Crippen LogP contribution < -0.4 is 0 Å². The summed E-state index contributed by atoms with van der Waals surface area (Å²) < 4.78 is 4.87. The molecular formula is C11H10N4OS. The molecule has 6 heteroatoms. The molecule has 1 aromatic carbocycles. The Balaban J connectivity index is 1.78. The minimum absolute atomic E-state index is 0.255. The van der Waals surface area contributed by atoms with E-state index in [0.717, 1.165) is 29.6 Å². The van der Waals surface area contributed by atoms with E-state index < -0.39 is 0 Å². The number of nitrogens with one attached hydrogen (secondary N) is 2. The van der Waals surface area contributed by atoms with Crippen LogP contribution in [0, 0.1) is 4.84 Å². The van der Waals surface area contributed by atoms with E-state index in [1.54, 1.807) is 0 Å². The Hall–Kier alpha value is -1.95. The molecule has 0 radical (unpaired) electrons. The molecule has 0 aliphatic carbocycles. The van der Waals surface area contributed by atoms with Gasteiger partial charge in [0.05, 0.1) is 11.7 Å². The quantitative estimate of drug-likeness (QED) is 0.696. The number of hydrogen-bond acceptors (Lipinski definition) is 4. The van der Waals surface area contributed by atoms with Gasteiger partial charge in [-0.15, -0.1) is 0 Å². The molecule has 2 heterocycles. The molecule has 3 rings (SSSR count). The van der Waals surface area contributed by atoms with Crippen LogP contribution in [0.1, 0.15) is 11.4 Å². The zero-order chi connectivity index (χ0) is 11.7. The highest BCUT2D eigenvalue weighted by molar-refractivity contribution is 7.71. The number of benzene rings is 1. The van der Waals surface area contributed by atoms with Crippen LogP contribution in [0.2, 0.25) is 0 Å². The summed E-state index contributed by atoms with van der Waals surface area (Å²) in [6.45, 7) is 0. The standard InChI is InChI=1S/C11H10N4OS/c17-11-13-10(15-16-11)4-2-7-1-3-9-8(5-7)6-12-14-9/h1,3,5-6H,2,4H2,(H,12,14)(H,13,15,17). The zero-order valence-corrected chi connectivity index (χ0v) is 9.75. The van der Waals surface area contributed by atoms with Crippen molar-refractivity contribution in [2.24, 2.45) is 0 Å². The first kappa shape index (κ1) is 10.2. The molecule has 2 aromatic heterocycles. The predicted octanol–water partition coefficient (Wildman–Crippen LogP) is 2.39. The number of aryl methyl sites for hydroxylation is 2. The first-order valence-corrected chi connectivity index (χ1v) is 5.68. The third-order valence-electron chi connectivity index (χ3n) is 2.64. The van der Waals surface area contributed by atoms with Crippen molar-refractivity contribution in [1.29, 1.82) is 0 Å². The fraction of sp³-hybridized carbons (Fsp3) is 0.182. The fourth-order valence-corrected chi connectivity index (χ4v) is 1.93. The predicted molar refractivity (Wildman–Crippen MR) is 65.2 cm³/mol. The van der Waals surface area contributed by atoms with Crippen LogP contribution >= 0.6 is 12.2 Å². The summed E-state index contributed by atoms with van der Waals surface area (Å²) >= 11 is 4.79. The summed E-state index contributed by atoms with van der Waals surface area (Å²) in [4.78, 5) is 4.31. The van der Waals surface area contributed by atoms with E-state index in [1.807, 2.05) is 12.3 Å². The van der Waals surface area contributed by atoms with Crippen molar-refractivity contribution in [3.63, 3.8) is 0 Å². The fourth-order valence-electron chi connectivity index (χ4n) is 1.78. The Morgan fingerprint density at radius 1 is 1.29 bits per heavy atom. The van der Waals surface area contributed by atoms with Gasteiger partial charge in [-0.05, 0) is 36.3 Å². The summed E-state index contributed by atoms with van der Waals surface area (Å²) in [5.41, 5.74) is 2.29. The van der Waals surface area contributed by atoms with Gasteiger partial charge in [0.1, 0.15) is 5.82 Å². The molecule has 0 unspecified atom stereocenters. The lowest BCUT2D eigenvalue weighted by Gasteiger charge is -1.98. The molecule has 0 aliphatic rings. The van der Waals surface area contributed by atoms with Crippen LogP contribution in [0.5, 0.6) is 0 Å². The van der Waals surface area contributed by atoms with E-state index in [1.165, 1.54) is 5.56 Å². The highest BCUT2D eigenvalue weighted by atomic mass is 32.1. The van der Waals surface area contributed by atoms with E-state index in [0.29, 0.717) is 0 Å².